The second-order valence-corrected chi connectivity index (χ2v) is 4.80. The lowest BCUT2D eigenvalue weighted by Gasteiger charge is -2.09. The first-order valence-corrected chi connectivity index (χ1v) is 6.82. The van der Waals surface area contributed by atoms with Crippen LogP contribution in [-0.2, 0) is 0 Å². The summed E-state index contributed by atoms with van der Waals surface area (Å²) >= 11 is 0. The highest BCUT2D eigenvalue weighted by Gasteiger charge is 1.99. The van der Waals surface area contributed by atoms with E-state index in [0.29, 0.717) is 0 Å². The third-order valence-electron chi connectivity index (χ3n) is 3.07. The zero-order valence-electron chi connectivity index (χ0n) is 11.9. The number of nitrogens with one attached hydrogen (secondary N) is 1. The molecule has 1 rings (SSSR count). The Morgan fingerprint density at radius 2 is 2.00 bits per heavy atom. The van der Waals surface area contributed by atoms with E-state index in [2.05, 4.69) is 63.0 Å². The van der Waals surface area contributed by atoms with E-state index in [1.54, 1.807) is 0 Å². The molecule has 1 heteroatoms. The summed E-state index contributed by atoms with van der Waals surface area (Å²) < 4.78 is 0. The van der Waals surface area contributed by atoms with Gasteiger partial charge in [-0.2, -0.15) is 0 Å². The van der Waals surface area contributed by atoms with Crippen LogP contribution < -0.4 is 5.32 Å². The van der Waals surface area contributed by atoms with Crippen molar-refractivity contribution in [1.82, 2.24) is 5.32 Å². The monoisotopic (exact) mass is 243 g/mol. The van der Waals surface area contributed by atoms with Gasteiger partial charge >= 0.3 is 0 Å². The number of hydrogen-bond donors (Lipinski definition) is 1. The van der Waals surface area contributed by atoms with Gasteiger partial charge in [-0.25, -0.2) is 0 Å². The lowest BCUT2D eigenvalue weighted by atomic mass is 10.0. The van der Waals surface area contributed by atoms with Crippen molar-refractivity contribution in [2.24, 2.45) is 0 Å². The molecule has 0 saturated heterocycles. The molecular weight excluding hydrogens is 218 g/mol. The van der Waals surface area contributed by atoms with Crippen LogP contribution in [0.3, 0.4) is 0 Å². The summed E-state index contributed by atoms with van der Waals surface area (Å²) in [6.07, 6.45) is 5.92. The SMILES string of the molecule is C=C(/C=C(\C)NCCCCC)c1ccccc1C. The fourth-order valence-corrected chi connectivity index (χ4v) is 1.98. The maximum atomic E-state index is 4.15. The van der Waals surface area contributed by atoms with Gasteiger partial charge in [0.1, 0.15) is 0 Å². The van der Waals surface area contributed by atoms with Gasteiger partial charge in [0.25, 0.3) is 0 Å². The fourth-order valence-electron chi connectivity index (χ4n) is 1.98. The van der Waals surface area contributed by atoms with Crippen molar-refractivity contribution in [3.05, 3.63) is 53.7 Å². The average Bonchev–Trinajstić information content (AvgIpc) is 2.35. The van der Waals surface area contributed by atoms with Crippen LogP contribution >= 0.6 is 0 Å². The highest BCUT2D eigenvalue weighted by molar-refractivity contribution is 5.74. The molecule has 0 aliphatic carbocycles. The standard InChI is InChI=1S/C17H25N/c1-5-6-9-12-18-16(4)13-15(3)17-11-8-7-10-14(17)2/h7-8,10-11,13,18H,3,5-6,9,12H2,1-2,4H3/b16-13+. The molecule has 1 N–H and O–H groups in total. The van der Waals surface area contributed by atoms with Crippen molar-refractivity contribution in [3.8, 4) is 0 Å². The molecule has 0 atom stereocenters. The Balaban J connectivity index is 2.55. The highest BCUT2D eigenvalue weighted by atomic mass is 14.9. The first kappa shape index (κ1) is 14.6. The lowest BCUT2D eigenvalue weighted by Crippen LogP contribution is -2.12. The third-order valence-corrected chi connectivity index (χ3v) is 3.07. The van der Waals surface area contributed by atoms with Crippen molar-refractivity contribution >= 4 is 5.57 Å². The molecule has 0 saturated carbocycles. The summed E-state index contributed by atoms with van der Waals surface area (Å²) in [6, 6.07) is 8.37. The third kappa shape index (κ3) is 4.79. The fraction of sp³-hybridized carbons (Fsp3) is 0.412. The zero-order valence-corrected chi connectivity index (χ0v) is 11.9. The first-order valence-electron chi connectivity index (χ1n) is 6.82. The van der Waals surface area contributed by atoms with Crippen LogP contribution in [0.1, 0.15) is 44.2 Å². The molecule has 0 unspecified atom stereocenters. The van der Waals surface area contributed by atoms with Crippen LogP contribution in [0.15, 0.2) is 42.6 Å². The number of unbranched alkanes of at least 4 members (excludes halogenated alkanes) is 2. The summed E-state index contributed by atoms with van der Waals surface area (Å²) in [4.78, 5) is 0. The van der Waals surface area contributed by atoms with Gasteiger partial charge in [-0.1, -0.05) is 50.6 Å². The minimum atomic E-state index is 1.05. The summed E-state index contributed by atoms with van der Waals surface area (Å²) in [5.74, 6) is 0. The highest BCUT2D eigenvalue weighted by Crippen LogP contribution is 2.18. The van der Waals surface area contributed by atoms with E-state index >= 15 is 0 Å². The maximum Gasteiger partial charge on any atom is 0.0143 e. The van der Waals surface area contributed by atoms with Crippen LogP contribution in [-0.4, -0.2) is 6.54 Å². The Labute approximate surface area is 112 Å². The van der Waals surface area contributed by atoms with E-state index in [0.717, 1.165) is 12.1 Å². The van der Waals surface area contributed by atoms with E-state index in [-0.39, 0.29) is 0 Å². The molecule has 0 heterocycles. The van der Waals surface area contributed by atoms with Gasteiger partial charge in [-0.3, -0.25) is 0 Å². The molecule has 0 bridgehead atoms. The normalized spacial score (nSPS) is 11.4. The molecule has 0 amide bonds. The Bertz CT molecular complexity index is 415. The number of hydrogen-bond acceptors (Lipinski definition) is 1. The number of allylic oxidation sites excluding steroid dienone is 3. The van der Waals surface area contributed by atoms with E-state index < -0.39 is 0 Å². The van der Waals surface area contributed by atoms with Crippen molar-refractivity contribution in [3.63, 3.8) is 0 Å². The molecule has 0 radical (unpaired) electrons. The second kappa shape index (κ2) is 7.75. The van der Waals surface area contributed by atoms with Gasteiger partial charge in [-0.05, 0) is 43.0 Å². The van der Waals surface area contributed by atoms with Crippen LogP contribution in [0.4, 0.5) is 0 Å². The van der Waals surface area contributed by atoms with Crippen LogP contribution in [0.25, 0.3) is 5.57 Å². The average molecular weight is 243 g/mol. The lowest BCUT2D eigenvalue weighted by molar-refractivity contribution is 0.667. The summed E-state index contributed by atoms with van der Waals surface area (Å²) in [7, 11) is 0. The Hall–Kier alpha value is -1.50. The van der Waals surface area contributed by atoms with Crippen molar-refractivity contribution in [2.75, 3.05) is 6.54 Å². The first-order chi connectivity index (χ1) is 8.65. The molecule has 0 fully saturated rings. The number of benzene rings is 1. The molecule has 18 heavy (non-hydrogen) atoms. The summed E-state index contributed by atoms with van der Waals surface area (Å²) in [5.41, 5.74) is 4.78. The quantitative estimate of drug-likeness (QED) is 0.541. The molecule has 0 aromatic heterocycles. The van der Waals surface area contributed by atoms with Gasteiger partial charge in [0.15, 0.2) is 0 Å². The van der Waals surface area contributed by atoms with Gasteiger partial charge in [-0.15, -0.1) is 0 Å². The zero-order chi connectivity index (χ0) is 13.4. The van der Waals surface area contributed by atoms with Gasteiger partial charge in [0.2, 0.25) is 0 Å². The van der Waals surface area contributed by atoms with E-state index in [4.69, 9.17) is 0 Å². The Morgan fingerprint density at radius 3 is 2.67 bits per heavy atom. The van der Waals surface area contributed by atoms with Gasteiger partial charge in [0, 0.05) is 12.2 Å². The molecule has 0 aliphatic rings. The second-order valence-electron chi connectivity index (χ2n) is 4.80. The molecule has 1 aromatic carbocycles. The minimum Gasteiger partial charge on any atom is -0.389 e. The molecule has 98 valence electrons. The van der Waals surface area contributed by atoms with Crippen LogP contribution in [0.5, 0.6) is 0 Å². The molecule has 0 aliphatic heterocycles. The maximum absolute atomic E-state index is 4.15. The molecule has 1 nitrogen and oxygen atoms in total. The largest absolute Gasteiger partial charge is 0.389 e. The summed E-state index contributed by atoms with van der Waals surface area (Å²) in [5, 5.41) is 3.44. The van der Waals surface area contributed by atoms with Gasteiger partial charge in [0.05, 0.1) is 0 Å². The van der Waals surface area contributed by atoms with Gasteiger partial charge < -0.3 is 5.32 Å². The predicted octanol–water partition coefficient (Wildman–Crippen LogP) is 4.69. The predicted molar refractivity (Wildman–Crippen MR) is 81.5 cm³/mol. The topological polar surface area (TPSA) is 12.0 Å². The summed E-state index contributed by atoms with van der Waals surface area (Å²) in [6.45, 7) is 11.7. The number of rotatable bonds is 7. The van der Waals surface area contributed by atoms with Crippen LogP contribution in [0.2, 0.25) is 0 Å². The van der Waals surface area contributed by atoms with E-state index in [9.17, 15) is 0 Å². The minimum absolute atomic E-state index is 1.05. The van der Waals surface area contributed by atoms with E-state index in [1.165, 1.54) is 36.1 Å². The smallest absolute Gasteiger partial charge is 0.0143 e. The van der Waals surface area contributed by atoms with E-state index in [1.807, 2.05) is 0 Å². The van der Waals surface area contributed by atoms with Crippen LogP contribution in [0, 0.1) is 6.92 Å². The Kier molecular flexibility index (Phi) is 6.27. The molecular formula is C17H25N. The Morgan fingerprint density at radius 1 is 1.28 bits per heavy atom. The molecule has 1 aromatic rings. The molecule has 0 spiro atoms. The van der Waals surface area contributed by atoms with Crippen molar-refractivity contribution in [1.29, 1.82) is 0 Å². The van der Waals surface area contributed by atoms with Crippen molar-refractivity contribution < 1.29 is 0 Å². The number of aryl methyl sites for hydroxylation is 1. The van der Waals surface area contributed by atoms with Crippen molar-refractivity contribution in [2.45, 2.75) is 40.0 Å².